The summed E-state index contributed by atoms with van der Waals surface area (Å²) < 4.78 is 34.5. The van der Waals surface area contributed by atoms with Gasteiger partial charge in [0.15, 0.2) is 0 Å². The van der Waals surface area contributed by atoms with Crippen molar-refractivity contribution in [3.8, 4) is 5.75 Å². The number of aryl methyl sites for hydroxylation is 1. The molecule has 0 fully saturated rings. The lowest BCUT2D eigenvalue weighted by atomic mass is 10.1. The number of para-hydroxylation sites is 2. The van der Waals surface area contributed by atoms with Crippen LogP contribution < -0.4 is 14.4 Å². The molecule has 2 amide bonds. The van der Waals surface area contributed by atoms with Gasteiger partial charge in [-0.05, 0) is 63.1 Å². The molecule has 0 aliphatic rings. The van der Waals surface area contributed by atoms with E-state index in [4.69, 9.17) is 16.3 Å². The molecule has 3 aromatic rings. The fraction of sp³-hybridized carbons (Fsp3) is 0.333. The Balaban J connectivity index is 2.11. The lowest BCUT2D eigenvalue weighted by molar-refractivity contribution is -0.140. The smallest absolute Gasteiger partial charge is 0.264 e. The van der Waals surface area contributed by atoms with E-state index in [-0.39, 0.29) is 34.8 Å². The second kappa shape index (κ2) is 13.7. The molecule has 1 N–H and O–H groups in total. The van der Waals surface area contributed by atoms with E-state index in [1.54, 1.807) is 67.6 Å². The third-order valence-corrected chi connectivity index (χ3v) is 8.50. The first kappa shape index (κ1) is 31.0. The molecule has 0 aliphatic carbocycles. The SMILES string of the molecule is CC[C@H](C(=O)NC(C)C)N(Cc1ccccc1Cl)C(=O)CN(c1ccccc1OC)S(=O)(=O)c1ccc(C)cc1. The number of rotatable bonds is 12. The number of sulfonamides is 1. The Bertz CT molecular complexity index is 1430. The lowest BCUT2D eigenvalue weighted by Gasteiger charge is -2.34. The molecular weight excluding hydrogens is 550 g/mol. The van der Waals surface area contributed by atoms with Crippen molar-refractivity contribution in [2.45, 2.75) is 57.6 Å². The summed E-state index contributed by atoms with van der Waals surface area (Å²) in [6.45, 7) is 6.79. The number of hydrogen-bond acceptors (Lipinski definition) is 5. The Kier molecular flexibility index (Phi) is 10.6. The topological polar surface area (TPSA) is 96.0 Å². The molecule has 0 bridgehead atoms. The van der Waals surface area contributed by atoms with Crippen LogP contribution in [0.25, 0.3) is 0 Å². The van der Waals surface area contributed by atoms with E-state index in [0.29, 0.717) is 17.0 Å². The summed E-state index contributed by atoms with van der Waals surface area (Å²) in [5.41, 5.74) is 1.74. The predicted octanol–water partition coefficient (Wildman–Crippen LogP) is 5.18. The van der Waals surface area contributed by atoms with Crippen molar-refractivity contribution in [3.63, 3.8) is 0 Å². The average Bonchev–Trinajstić information content (AvgIpc) is 2.92. The van der Waals surface area contributed by atoms with Crippen molar-refractivity contribution < 1.29 is 22.7 Å². The average molecular weight is 586 g/mol. The zero-order valence-electron chi connectivity index (χ0n) is 23.4. The summed E-state index contributed by atoms with van der Waals surface area (Å²) in [5.74, 6) is -0.608. The predicted molar refractivity (Wildman–Crippen MR) is 158 cm³/mol. The quantitative estimate of drug-likeness (QED) is 0.316. The lowest BCUT2D eigenvalue weighted by Crippen LogP contribution is -2.53. The molecule has 0 saturated heterocycles. The van der Waals surface area contributed by atoms with Gasteiger partial charge in [0.25, 0.3) is 10.0 Å². The molecule has 0 aliphatic heterocycles. The molecule has 1 atom stereocenters. The Morgan fingerprint density at radius 1 is 0.975 bits per heavy atom. The molecule has 214 valence electrons. The molecule has 0 heterocycles. The maximum Gasteiger partial charge on any atom is 0.264 e. The molecule has 0 aromatic heterocycles. The van der Waals surface area contributed by atoms with Gasteiger partial charge in [-0.2, -0.15) is 0 Å². The number of hydrogen-bond donors (Lipinski definition) is 1. The highest BCUT2D eigenvalue weighted by Crippen LogP contribution is 2.33. The van der Waals surface area contributed by atoms with Gasteiger partial charge in [0, 0.05) is 17.6 Å². The molecule has 0 radical (unpaired) electrons. The van der Waals surface area contributed by atoms with Crippen LogP contribution >= 0.6 is 11.6 Å². The third kappa shape index (κ3) is 7.34. The van der Waals surface area contributed by atoms with E-state index >= 15 is 0 Å². The number of methoxy groups -OCH3 is 1. The van der Waals surface area contributed by atoms with Gasteiger partial charge < -0.3 is 15.0 Å². The van der Waals surface area contributed by atoms with Crippen LogP contribution in [-0.2, 0) is 26.2 Å². The van der Waals surface area contributed by atoms with Crippen LogP contribution in [0.2, 0.25) is 5.02 Å². The Morgan fingerprint density at radius 3 is 2.20 bits per heavy atom. The van der Waals surface area contributed by atoms with Gasteiger partial charge in [-0.1, -0.05) is 66.6 Å². The summed E-state index contributed by atoms with van der Waals surface area (Å²) in [5, 5.41) is 3.31. The van der Waals surface area contributed by atoms with Gasteiger partial charge in [0.1, 0.15) is 18.3 Å². The number of anilines is 1. The van der Waals surface area contributed by atoms with Gasteiger partial charge in [-0.15, -0.1) is 0 Å². The largest absolute Gasteiger partial charge is 0.495 e. The van der Waals surface area contributed by atoms with Crippen LogP contribution in [0.3, 0.4) is 0 Å². The monoisotopic (exact) mass is 585 g/mol. The maximum atomic E-state index is 14.1. The minimum Gasteiger partial charge on any atom is -0.495 e. The summed E-state index contributed by atoms with van der Waals surface area (Å²) in [7, 11) is -2.77. The highest BCUT2D eigenvalue weighted by molar-refractivity contribution is 7.92. The van der Waals surface area contributed by atoms with E-state index in [9.17, 15) is 18.0 Å². The van der Waals surface area contributed by atoms with Gasteiger partial charge in [-0.3, -0.25) is 13.9 Å². The molecule has 0 unspecified atom stereocenters. The Labute approximate surface area is 241 Å². The highest BCUT2D eigenvalue weighted by atomic mass is 35.5. The van der Waals surface area contributed by atoms with Crippen molar-refractivity contribution in [2.75, 3.05) is 18.0 Å². The summed E-state index contributed by atoms with van der Waals surface area (Å²) in [6, 6.07) is 19.1. The van der Waals surface area contributed by atoms with E-state index in [1.165, 1.54) is 24.1 Å². The van der Waals surface area contributed by atoms with E-state index < -0.39 is 28.5 Å². The van der Waals surface area contributed by atoms with Crippen molar-refractivity contribution >= 4 is 39.1 Å². The van der Waals surface area contributed by atoms with E-state index in [2.05, 4.69) is 5.32 Å². The minimum atomic E-state index is -4.21. The van der Waals surface area contributed by atoms with E-state index in [1.807, 2.05) is 20.8 Å². The second-order valence-electron chi connectivity index (χ2n) is 9.70. The van der Waals surface area contributed by atoms with Gasteiger partial charge in [0.2, 0.25) is 11.8 Å². The van der Waals surface area contributed by atoms with Crippen molar-refractivity contribution in [1.29, 1.82) is 0 Å². The zero-order chi connectivity index (χ0) is 29.4. The van der Waals surface area contributed by atoms with E-state index in [0.717, 1.165) is 9.87 Å². The first-order valence-electron chi connectivity index (χ1n) is 13.0. The highest BCUT2D eigenvalue weighted by Gasteiger charge is 2.35. The van der Waals surface area contributed by atoms with Crippen LogP contribution in [0.4, 0.5) is 5.69 Å². The molecule has 3 rings (SSSR count). The molecule has 0 spiro atoms. The number of carbonyl (C=O) groups is 2. The summed E-state index contributed by atoms with van der Waals surface area (Å²) in [6.07, 6.45) is 0.314. The Morgan fingerprint density at radius 2 is 1.60 bits per heavy atom. The van der Waals surface area contributed by atoms with Crippen LogP contribution in [0.15, 0.2) is 77.7 Å². The first-order valence-corrected chi connectivity index (χ1v) is 14.9. The van der Waals surface area contributed by atoms with Crippen molar-refractivity contribution in [3.05, 3.63) is 88.9 Å². The van der Waals surface area contributed by atoms with Crippen molar-refractivity contribution in [1.82, 2.24) is 10.2 Å². The third-order valence-electron chi connectivity index (χ3n) is 6.36. The Hall–Kier alpha value is -3.56. The zero-order valence-corrected chi connectivity index (χ0v) is 25.0. The molecule has 40 heavy (non-hydrogen) atoms. The van der Waals surface area contributed by atoms with Crippen LogP contribution in [0.5, 0.6) is 5.75 Å². The number of halogens is 1. The van der Waals surface area contributed by atoms with Crippen LogP contribution in [0, 0.1) is 6.92 Å². The van der Waals surface area contributed by atoms with Crippen LogP contribution in [-0.4, -0.2) is 50.9 Å². The summed E-state index contributed by atoms with van der Waals surface area (Å²) >= 11 is 6.43. The number of benzene rings is 3. The van der Waals surface area contributed by atoms with Crippen LogP contribution in [0.1, 0.15) is 38.3 Å². The number of amides is 2. The minimum absolute atomic E-state index is 0.0207. The number of nitrogens with one attached hydrogen (secondary N) is 1. The van der Waals surface area contributed by atoms with Gasteiger partial charge >= 0.3 is 0 Å². The van der Waals surface area contributed by atoms with Crippen molar-refractivity contribution in [2.24, 2.45) is 0 Å². The molecule has 10 heteroatoms. The standard InChI is InChI=1S/C30H36ClN3O5S/c1-6-26(30(36)32-21(2)3)33(19-23-11-7-8-12-25(23)31)29(35)20-34(27-13-9-10-14-28(27)39-5)40(37,38)24-17-15-22(4)16-18-24/h7-18,21,26H,6,19-20H2,1-5H3,(H,32,36)/t26-/m1/s1. The fourth-order valence-corrected chi connectivity index (χ4v) is 5.92. The molecular formula is C30H36ClN3O5S. The maximum absolute atomic E-state index is 14.1. The summed E-state index contributed by atoms with van der Waals surface area (Å²) in [4.78, 5) is 28.8. The van der Waals surface area contributed by atoms with Gasteiger partial charge in [-0.25, -0.2) is 8.42 Å². The first-order chi connectivity index (χ1) is 19.0. The molecule has 0 saturated carbocycles. The molecule has 3 aromatic carbocycles. The number of carbonyl (C=O) groups excluding carboxylic acids is 2. The normalized spacial score (nSPS) is 12.1. The fourth-order valence-electron chi connectivity index (χ4n) is 4.30. The number of nitrogens with zero attached hydrogens (tertiary/aromatic N) is 2. The number of ether oxygens (including phenoxy) is 1. The second-order valence-corrected chi connectivity index (χ2v) is 12.0. The van der Waals surface area contributed by atoms with Gasteiger partial charge in [0.05, 0.1) is 17.7 Å². The molecule has 8 nitrogen and oxygen atoms in total.